The molecule has 1 rings (SSSR count). The van der Waals surface area contributed by atoms with Crippen LogP contribution < -0.4 is 15.4 Å². The van der Waals surface area contributed by atoms with Gasteiger partial charge in [0.05, 0.1) is 7.11 Å². The Morgan fingerprint density at radius 1 is 1.05 bits per heavy atom. The topological polar surface area (TPSA) is 76.7 Å². The summed E-state index contributed by atoms with van der Waals surface area (Å²) in [6.07, 6.45) is 0.176. The van der Waals surface area contributed by atoms with Crippen molar-refractivity contribution < 1.29 is 19.1 Å². The zero-order chi connectivity index (χ0) is 16.6. The second-order valence-corrected chi connectivity index (χ2v) is 5.77. The maximum absolute atomic E-state index is 11.9. The summed E-state index contributed by atoms with van der Waals surface area (Å²) < 4.78 is 10.1. The average Bonchev–Trinajstić information content (AvgIpc) is 2.45. The smallest absolute Gasteiger partial charge is 0.407 e. The first kappa shape index (κ1) is 17.8. The van der Waals surface area contributed by atoms with Gasteiger partial charge in [-0.3, -0.25) is 4.79 Å². The zero-order valence-electron chi connectivity index (χ0n) is 13.6. The molecule has 2 N–H and O–H groups in total. The van der Waals surface area contributed by atoms with E-state index in [9.17, 15) is 9.59 Å². The first-order chi connectivity index (χ1) is 10.3. The summed E-state index contributed by atoms with van der Waals surface area (Å²) in [5, 5.41) is 5.43. The van der Waals surface area contributed by atoms with Gasteiger partial charge in [-0.15, -0.1) is 0 Å². The number of carbonyl (C=O) groups is 2. The SMILES string of the molecule is COc1ccc(C(=O)NCCCNC(=O)OC(C)(C)C)cc1. The number of nitrogens with one attached hydrogen (secondary N) is 2. The highest BCUT2D eigenvalue weighted by Gasteiger charge is 2.15. The van der Waals surface area contributed by atoms with E-state index < -0.39 is 11.7 Å². The third-order valence-corrected chi connectivity index (χ3v) is 2.66. The van der Waals surface area contributed by atoms with Gasteiger partial charge in [0, 0.05) is 18.7 Å². The minimum absolute atomic E-state index is 0.153. The highest BCUT2D eigenvalue weighted by molar-refractivity contribution is 5.94. The van der Waals surface area contributed by atoms with E-state index in [2.05, 4.69) is 10.6 Å². The Morgan fingerprint density at radius 3 is 2.18 bits per heavy atom. The summed E-state index contributed by atoms with van der Waals surface area (Å²) >= 11 is 0. The Kier molecular flexibility index (Phi) is 6.69. The summed E-state index contributed by atoms with van der Waals surface area (Å²) in [6.45, 7) is 6.34. The number of benzene rings is 1. The van der Waals surface area contributed by atoms with Crippen LogP contribution in [0.4, 0.5) is 4.79 Å². The lowest BCUT2D eigenvalue weighted by atomic mass is 10.2. The number of alkyl carbamates (subject to hydrolysis) is 1. The minimum atomic E-state index is -0.507. The highest BCUT2D eigenvalue weighted by atomic mass is 16.6. The molecule has 0 bridgehead atoms. The fourth-order valence-electron chi connectivity index (χ4n) is 1.64. The van der Waals surface area contributed by atoms with E-state index in [4.69, 9.17) is 9.47 Å². The molecule has 122 valence electrons. The summed E-state index contributed by atoms with van der Waals surface area (Å²) in [5.74, 6) is 0.554. The van der Waals surface area contributed by atoms with E-state index >= 15 is 0 Å². The van der Waals surface area contributed by atoms with E-state index in [1.165, 1.54) is 0 Å². The van der Waals surface area contributed by atoms with Crippen molar-refractivity contribution in [2.45, 2.75) is 32.8 Å². The number of amides is 2. The van der Waals surface area contributed by atoms with Crippen LogP contribution in [0.2, 0.25) is 0 Å². The third-order valence-electron chi connectivity index (χ3n) is 2.66. The van der Waals surface area contributed by atoms with Gasteiger partial charge in [0.15, 0.2) is 0 Å². The molecule has 0 saturated heterocycles. The zero-order valence-corrected chi connectivity index (χ0v) is 13.6. The molecule has 0 fully saturated rings. The summed E-state index contributed by atoms with van der Waals surface area (Å²) in [7, 11) is 1.58. The molecule has 6 heteroatoms. The number of ether oxygens (including phenoxy) is 2. The third kappa shape index (κ3) is 6.97. The molecule has 0 aromatic heterocycles. The van der Waals surface area contributed by atoms with Crippen LogP contribution in [0.15, 0.2) is 24.3 Å². The molecular formula is C16H24N2O4. The van der Waals surface area contributed by atoms with Gasteiger partial charge in [-0.25, -0.2) is 4.79 Å². The summed E-state index contributed by atoms with van der Waals surface area (Å²) in [6, 6.07) is 6.87. The number of carbonyl (C=O) groups excluding carboxylic acids is 2. The van der Waals surface area contributed by atoms with Crippen LogP contribution in [0, 0.1) is 0 Å². The maximum Gasteiger partial charge on any atom is 0.407 e. The van der Waals surface area contributed by atoms with Crippen molar-refractivity contribution in [3.63, 3.8) is 0 Å². The molecule has 0 saturated carbocycles. The number of rotatable bonds is 6. The first-order valence-electron chi connectivity index (χ1n) is 7.21. The molecule has 0 heterocycles. The summed E-state index contributed by atoms with van der Waals surface area (Å²) in [5.41, 5.74) is 0.0630. The fourth-order valence-corrected chi connectivity index (χ4v) is 1.64. The van der Waals surface area contributed by atoms with Crippen LogP contribution in [0.1, 0.15) is 37.6 Å². The molecule has 0 aliphatic rings. The highest BCUT2D eigenvalue weighted by Crippen LogP contribution is 2.11. The first-order valence-corrected chi connectivity index (χ1v) is 7.21. The molecule has 0 radical (unpaired) electrons. The van der Waals surface area contributed by atoms with Gasteiger partial charge in [-0.05, 0) is 51.5 Å². The Labute approximate surface area is 131 Å². The van der Waals surface area contributed by atoms with Gasteiger partial charge < -0.3 is 20.1 Å². The van der Waals surface area contributed by atoms with Crippen molar-refractivity contribution in [3.05, 3.63) is 29.8 Å². The van der Waals surface area contributed by atoms with Crippen LogP contribution in [0.3, 0.4) is 0 Å². The van der Waals surface area contributed by atoms with Gasteiger partial charge in [-0.2, -0.15) is 0 Å². The molecule has 6 nitrogen and oxygen atoms in total. The van der Waals surface area contributed by atoms with Gasteiger partial charge in [0.1, 0.15) is 11.4 Å². The molecule has 0 spiro atoms. The van der Waals surface area contributed by atoms with Crippen LogP contribution in [-0.2, 0) is 4.74 Å². The monoisotopic (exact) mass is 308 g/mol. The van der Waals surface area contributed by atoms with Gasteiger partial charge >= 0.3 is 6.09 Å². The van der Waals surface area contributed by atoms with Crippen molar-refractivity contribution in [1.82, 2.24) is 10.6 Å². The van der Waals surface area contributed by atoms with Crippen molar-refractivity contribution in [2.24, 2.45) is 0 Å². The standard InChI is InChI=1S/C16H24N2O4/c1-16(2,3)22-15(20)18-11-5-10-17-14(19)12-6-8-13(21-4)9-7-12/h6-9H,5,10-11H2,1-4H3,(H,17,19)(H,18,20). The maximum atomic E-state index is 11.9. The van der Waals surface area contributed by atoms with Gasteiger partial charge in [-0.1, -0.05) is 0 Å². The Bertz CT molecular complexity index is 492. The number of hydrogen-bond donors (Lipinski definition) is 2. The average molecular weight is 308 g/mol. The van der Waals surface area contributed by atoms with Crippen molar-refractivity contribution >= 4 is 12.0 Å². The largest absolute Gasteiger partial charge is 0.497 e. The Hall–Kier alpha value is -2.24. The van der Waals surface area contributed by atoms with E-state index in [-0.39, 0.29) is 5.91 Å². The van der Waals surface area contributed by atoms with Gasteiger partial charge in [0.25, 0.3) is 5.91 Å². The van der Waals surface area contributed by atoms with Crippen LogP contribution in [0.5, 0.6) is 5.75 Å². The molecule has 1 aromatic carbocycles. The number of methoxy groups -OCH3 is 1. The van der Waals surface area contributed by atoms with E-state index in [1.54, 1.807) is 31.4 Å². The molecule has 1 aromatic rings. The Morgan fingerprint density at radius 2 is 1.64 bits per heavy atom. The number of hydrogen-bond acceptors (Lipinski definition) is 4. The molecule has 0 aliphatic heterocycles. The van der Waals surface area contributed by atoms with Crippen LogP contribution >= 0.6 is 0 Å². The van der Waals surface area contributed by atoms with Crippen molar-refractivity contribution in [2.75, 3.05) is 20.2 Å². The second kappa shape index (κ2) is 8.26. The summed E-state index contributed by atoms with van der Waals surface area (Å²) in [4.78, 5) is 23.3. The lowest BCUT2D eigenvalue weighted by Crippen LogP contribution is -2.34. The quantitative estimate of drug-likeness (QED) is 0.791. The second-order valence-electron chi connectivity index (χ2n) is 5.77. The van der Waals surface area contributed by atoms with Gasteiger partial charge in [0.2, 0.25) is 0 Å². The molecule has 0 unspecified atom stereocenters. The lowest BCUT2D eigenvalue weighted by Gasteiger charge is -2.19. The predicted octanol–water partition coefficient (Wildman–Crippen LogP) is 2.34. The van der Waals surface area contributed by atoms with E-state index in [0.717, 1.165) is 0 Å². The van der Waals surface area contributed by atoms with Crippen molar-refractivity contribution in [3.8, 4) is 5.75 Å². The Balaban J connectivity index is 2.21. The lowest BCUT2D eigenvalue weighted by molar-refractivity contribution is 0.0527. The van der Waals surface area contributed by atoms with E-state index in [0.29, 0.717) is 30.8 Å². The molecule has 22 heavy (non-hydrogen) atoms. The van der Waals surface area contributed by atoms with E-state index in [1.807, 2.05) is 20.8 Å². The van der Waals surface area contributed by atoms with Crippen molar-refractivity contribution in [1.29, 1.82) is 0 Å². The molecular weight excluding hydrogens is 284 g/mol. The fraction of sp³-hybridized carbons (Fsp3) is 0.500. The van der Waals surface area contributed by atoms with Crippen LogP contribution in [-0.4, -0.2) is 37.8 Å². The normalized spacial score (nSPS) is 10.7. The minimum Gasteiger partial charge on any atom is -0.497 e. The van der Waals surface area contributed by atoms with Crippen LogP contribution in [0.25, 0.3) is 0 Å². The molecule has 0 aliphatic carbocycles. The molecule has 2 amide bonds. The molecule has 0 atom stereocenters. The predicted molar refractivity (Wildman–Crippen MR) is 84.2 cm³/mol.